The molecule has 0 aromatic carbocycles. The second kappa shape index (κ2) is 4.94. The van der Waals surface area contributed by atoms with Crippen LogP contribution in [0.5, 0.6) is 0 Å². The molecular formula is C11H16N4O. The van der Waals surface area contributed by atoms with Crippen LogP contribution in [0.2, 0.25) is 0 Å². The zero-order chi connectivity index (χ0) is 11.4. The molecule has 0 fully saturated rings. The topological polar surface area (TPSA) is 50.2 Å². The monoisotopic (exact) mass is 220 g/mol. The van der Waals surface area contributed by atoms with Crippen LogP contribution in [0.25, 0.3) is 0 Å². The zero-order valence-corrected chi connectivity index (χ0v) is 9.22. The van der Waals surface area contributed by atoms with Crippen LogP contribution in [0.15, 0.2) is 25.0 Å². The lowest BCUT2D eigenvalue weighted by atomic mass is 10.3. The number of carbonyl (C=O) groups excluding carboxylic acids is 1. The van der Waals surface area contributed by atoms with E-state index in [0.717, 1.165) is 25.5 Å². The van der Waals surface area contributed by atoms with E-state index < -0.39 is 0 Å². The summed E-state index contributed by atoms with van der Waals surface area (Å²) in [5, 5.41) is 2.77. The highest BCUT2D eigenvalue weighted by molar-refractivity contribution is 5.78. The van der Waals surface area contributed by atoms with Gasteiger partial charge in [0, 0.05) is 32.0 Å². The molecule has 1 aromatic rings. The van der Waals surface area contributed by atoms with E-state index in [1.54, 1.807) is 12.3 Å². The van der Waals surface area contributed by atoms with Crippen molar-refractivity contribution in [2.45, 2.75) is 13.1 Å². The summed E-state index contributed by atoms with van der Waals surface area (Å²) in [5.74, 6) is 1.07. The molecule has 0 atom stereocenters. The van der Waals surface area contributed by atoms with Crippen molar-refractivity contribution in [2.24, 2.45) is 0 Å². The number of fused-ring (bicyclic) bond motifs is 1. The van der Waals surface area contributed by atoms with Gasteiger partial charge < -0.3 is 9.88 Å². The first-order valence-electron chi connectivity index (χ1n) is 5.39. The third-order valence-electron chi connectivity index (χ3n) is 2.63. The zero-order valence-electron chi connectivity index (χ0n) is 9.22. The smallest absolute Gasteiger partial charge is 0.234 e. The Morgan fingerprint density at radius 3 is 3.31 bits per heavy atom. The van der Waals surface area contributed by atoms with Gasteiger partial charge in [-0.05, 0) is 0 Å². The summed E-state index contributed by atoms with van der Waals surface area (Å²) in [7, 11) is 0. The predicted molar refractivity (Wildman–Crippen MR) is 60.7 cm³/mol. The lowest BCUT2D eigenvalue weighted by Crippen LogP contribution is -2.41. The molecule has 86 valence electrons. The van der Waals surface area contributed by atoms with Crippen molar-refractivity contribution in [1.82, 2.24) is 19.8 Å². The molecule has 0 spiro atoms. The molecule has 5 nitrogen and oxygen atoms in total. The minimum absolute atomic E-state index is 0.0416. The first-order chi connectivity index (χ1) is 7.79. The maximum absolute atomic E-state index is 11.5. The van der Waals surface area contributed by atoms with Gasteiger partial charge in [0.2, 0.25) is 5.91 Å². The predicted octanol–water partition coefficient (Wildman–Crippen LogP) is 0.000900. The molecule has 0 unspecified atom stereocenters. The van der Waals surface area contributed by atoms with E-state index in [2.05, 4.69) is 26.3 Å². The molecule has 2 rings (SSSR count). The number of aromatic nitrogens is 2. The van der Waals surface area contributed by atoms with Crippen LogP contribution in [0.3, 0.4) is 0 Å². The fraction of sp³-hybridized carbons (Fsp3) is 0.455. The van der Waals surface area contributed by atoms with Crippen molar-refractivity contribution in [2.75, 3.05) is 19.6 Å². The van der Waals surface area contributed by atoms with E-state index in [0.29, 0.717) is 13.1 Å². The molecular weight excluding hydrogens is 204 g/mol. The van der Waals surface area contributed by atoms with Gasteiger partial charge in [-0.15, -0.1) is 6.58 Å². The highest BCUT2D eigenvalue weighted by Gasteiger charge is 2.18. The van der Waals surface area contributed by atoms with Crippen LogP contribution in [0.4, 0.5) is 0 Å². The van der Waals surface area contributed by atoms with Crippen LogP contribution in [0, 0.1) is 0 Å². The Balaban J connectivity index is 1.85. The summed E-state index contributed by atoms with van der Waals surface area (Å²) in [5.41, 5.74) is 0. The fourth-order valence-corrected chi connectivity index (χ4v) is 1.80. The minimum Gasteiger partial charge on any atom is -0.352 e. The molecule has 5 heteroatoms. The summed E-state index contributed by atoms with van der Waals surface area (Å²) in [4.78, 5) is 17.8. The lowest BCUT2D eigenvalue weighted by Gasteiger charge is -2.26. The first-order valence-corrected chi connectivity index (χ1v) is 5.39. The van der Waals surface area contributed by atoms with Crippen molar-refractivity contribution in [1.29, 1.82) is 0 Å². The van der Waals surface area contributed by atoms with Crippen LogP contribution < -0.4 is 5.32 Å². The molecule has 0 bridgehead atoms. The number of carbonyl (C=O) groups is 1. The largest absolute Gasteiger partial charge is 0.352 e. The third-order valence-corrected chi connectivity index (χ3v) is 2.63. The quantitative estimate of drug-likeness (QED) is 0.727. The minimum atomic E-state index is 0.0416. The van der Waals surface area contributed by atoms with Crippen molar-refractivity contribution in [3.63, 3.8) is 0 Å². The highest BCUT2D eigenvalue weighted by atomic mass is 16.2. The van der Waals surface area contributed by atoms with Crippen LogP contribution in [-0.2, 0) is 17.9 Å². The van der Waals surface area contributed by atoms with Crippen LogP contribution in [0.1, 0.15) is 5.82 Å². The van der Waals surface area contributed by atoms with Crippen molar-refractivity contribution >= 4 is 5.91 Å². The Morgan fingerprint density at radius 1 is 1.62 bits per heavy atom. The van der Waals surface area contributed by atoms with Gasteiger partial charge in [-0.2, -0.15) is 0 Å². The number of rotatable bonds is 4. The van der Waals surface area contributed by atoms with E-state index in [4.69, 9.17) is 0 Å². The molecule has 16 heavy (non-hydrogen) atoms. The van der Waals surface area contributed by atoms with E-state index >= 15 is 0 Å². The molecule has 0 saturated carbocycles. The van der Waals surface area contributed by atoms with Crippen LogP contribution >= 0.6 is 0 Å². The summed E-state index contributed by atoms with van der Waals surface area (Å²) < 4.78 is 2.12. The Labute approximate surface area is 94.8 Å². The highest BCUT2D eigenvalue weighted by Crippen LogP contribution is 2.09. The Kier molecular flexibility index (Phi) is 3.36. The van der Waals surface area contributed by atoms with Crippen molar-refractivity contribution in [3.05, 3.63) is 30.9 Å². The number of hydrogen-bond acceptors (Lipinski definition) is 3. The molecule has 1 aliphatic heterocycles. The summed E-state index contributed by atoms with van der Waals surface area (Å²) in [6.07, 6.45) is 5.46. The molecule has 1 amide bonds. The van der Waals surface area contributed by atoms with Gasteiger partial charge in [0.1, 0.15) is 5.82 Å². The van der Waals surface area contributed by atoms with Gasteiger partial charge in [0.25, 0.3) is 0 Å². The average molecular weight is 220 g/mol. The Bertz CT molecular complexity index is 385. The summed E-state index contributed by atoms with van der Waals surface area (Å²) >= 11 is 0. The maximum Gasteiger partial charge on any atom is 0.234 e. The fourth-order valence-electron chi connectivity index (χ4n) is 1.80. The molecule has 1 aromatic heterocycles. The van der Waals surface area contributed by atoms with E-state index in [-0.39, 0.29) is 5.91 Å². The molecule has 1 aliphatic rings. The number of nitrogens with zero attached hydrogens (tertiary/aromatic N) is 3. The molecule has 0 saturated heterocycles. The van der Waals surface area contributed by atoms with Crippen molar-refractivity contribution in [3.8, 4) is 0 Å². The standard InChI is InChI=1S/C11H16N4O/c1-2-3-13-11(16)9-14-6-7-15-5-4-12-10(15)8-14/h2,4-5H,1,3,6-9H2,(H,13,16). The summed E-state index contributed by atoms with van der Waals surface area (Å²) in [6, 6.07) is 0. The third kappa shape index (κ3) is 2.49. The van der Waals surface area contributed by atoms with Gasteiger partial charge in [0.15, 0.2) is 0 Å². The molecule has 1 N–H and O–H groups in total. The van der Waals surface area contributed by atoms with Crippen molar-refractivity contribution < 1.29 is 4.79 Å². The number of hydrogen-bond donors (Lipinski definition) is 1. The SMILES string of the molecule is C=CCNC(=O)CN1CCn2ccnc2C1. The normalized spacial score (nSPS) is 15.5. The Morgan fingerprint density at radius 2 is 2.50 bits per heavy atom. The van der Waals surface area contributed by atoms with Gasteiger partial charge in [0.05, 0.1) is 13.1 Å². The number of imidazole rings is 1. The number of nitrogens with one attached hydrogen (secondary N) is 1. The van der Waals surface area contributed by atoms with E-state index in [1.807, 2.05) is 6.20 Å². The van der Waals surface area contributed by atoms with Gasteiger partial charge in [-0.3, -0.25) is 9.69 Å². The van der Waals surface area contributed by atoms with Gasteiger partial charge in [-0.25, -0.2) is 4.98 Å². The maximum atomic E-state index is 11.5. The Hall–Kier alpha value is -1.62. The second-order valence-electron chi connectivity index (χ2n) is 3.84. The molecule has 0 radical (unpaired) electrons. The first kappa shape index (κ1) is 10.9. The van der Waals surface area contributed by atoms with Gasteiger partial charge in [-0.1, -0.05) is 6.08 Å². The van der Waals surface area contributed by atoms with E-state index in [9.17, 15) is 4.79 Å². The lowest BCUT2D eigenvalue weighted by molar-refractivity contribution is -0.122. The van der Waals surface area contributed by atoms with Gasteiger partial charge >= 0.3 is 0 Å². The second-order valence-corrected chi connectivity index (χ2v) is 3.84. The summed E-state index contributed by atoms with van der Waals surface area (Å²) in [6.45, 7) is 7.07. The average Bonchev–Trinajstić information content (AvgIpc) is 2.73. The van der Waals surface area contributed by atoms with Crippen LogP contribution in [-0.4, -0.2) is 40.0 Å². The number of amides is 1. The van der Waals surface area contributed by atoms with E-state index in [1.165, 1.54) is 0 Å². The molecule has 2 heterocycles. The molecule has 0 aliphatic carbocycles.